The number of H-pyrrole nitrogens is 1. The summed E-state index contributed by atoms with van der Waals surface area (Å²) in [5.41, 5.74) is 13.4. The van der Waals surface area contributed by atoms with Crippen LogP contribution in [0.5, 0.6) is 0 Å². The Morgan fingerprint density at radius 2 is 1.42 bits per heavy atom. The fourth-order valence-corrected chi connectivity index (χ4v) is 4.73. The molecule has 0 radical (unpaired) electrons. The molecule has 0 aliphatic rings. The number of carboxylic acids is 1. The molecule has 0 aliphatic carbocycles. The lowest BCUT2D eigenvalue weighted by Gasteiger charge is -2.26. The number of benzene rings is 2. The molecule has 1 aromatic heterocycles. The van der Waals surface area contributed by atoms with Crippen molar-refractivity contribution in [3.05, 3.63) is 71.9 Å². The van der Waals surface area contributed by atoms with Crippen LogP contribution < -0.4 is 27.4 Å². The zero-order valence-corrected chi connectivity index (χ0v) is 24.3. The Morgan fingerprint density at radius 3 is 2.07 bits per heavy atom. The molecule has 4 unspecified atom stereocenters. The third-order valence-corrected chi connectivity index (χ3v) is 7.01. The van der Waals surface area contributed by atoms with Gasteiger partial charge < -0.3 is 37.5 Å². The first kappa shape index (κ1) is 32.8. The van der Waals surface area contributed by atoms with Crippen molar-refractivity contribution in [2.45, 2.75) is 70.1 Å². The number of aliphatic carboxylic acids is 1. The normalized spacial score (nSPS) is 14.0. The fraction of sp³-hybridized carbons (Fsp3) is 0.387. The Labute approximate surface area is 250 Å². The molecule has 0 bridgehead atoms. The van der Waals surface area contributed by atoms with Gasteiger partial charge in [0, 0.05) is 36.4 Å². The van der Waals surface area contributed by atoms with Gasteiger partial charge in [0.1, 0.15) is 18.1 Å². The molecule has 4 amide bonds. The van der Waals surface area contributed by atoms with Crippen molar-refractivity contribution in [1.82, 2.24) is 20.9 Å². The lowest BCUT2D eigenvalue weighted by Crippen LogP contribution is -2.58. The quantitative estimate of drug-likeness (QED) is 0.129. The molecule has 12 heteroatoms. The second-order valence-corrected chi connectivity index (χ2v) is 11.0. The van der Waals surface area contributed by atoms with E-state index in [4.69, 9.17) is 11.5 Å². The van der Waals surface area contributed by atoms with E-state index in [1.54, 1.807) is 30.5 Å². The van der Waals surface area contributed by atoms with Gasteiger partial charge in [0.05, 0.1) is 6.04 Å². The number of hydrogen-bond acceptors (Lipinski definition) is 6. The van der Waals surface area contributed by atoms with Crippen molar-refractivity contribution < 1.29 is 29.1 Å². The van der Waals surface area contributed by atoms with Crippen LogP contribution in [0.3, 0.4) is 0 Å². The highest BCUT2D eigenvalue weighted by molar-refractivity contribution is 5.94. The van der Waals surface area contributed by atoms with Crippen molar-refractivity contribution >= 4 is 40.5 Å². The summed E-state index contributed by atoms with van der Waals surface area (Å²) in [4.78, 5) is 66.2. The smallest absolute Gasteiger partial charge is 0.326 e. The maximum absolute atomic E-state index is 13.6. The van der Waals surface area contributed by atoms with Gasteiger partial charge in [-0.3, -0.25) is 19.2 Å². The predicted octanol–water partition coefficient (Wildman–Crippen LogP) is 1.13. The molecular formula is C31H40N6O6. The van der Waals surface area contributed by atoms with Crippen molar-refractivity contribution in [3.63, 3.8) is 0 Å². The maximum Gasteiger partial charge on any atom is 0.326 e. The number of aromatic nitrogens is 1. The van der Waals surface area contributed by atoms with Crippen molar-refractivity contribution in [1.29, 1.82) is 0 Å². The topological polar surface area (TPSA) is 209 Å². The van der Waals surface area contributed by atoms with Crippen LogP contribution in [0.25, 0.3) is 10.9 Å². The lowest BCUT2D eigenvalue weighted by atomic mass is 10.00. The van der Waals surface area contributed by atoms with Crippen LogP contribution in [0, 0.1) is 5.92 Å². The van der Waals surface area contributed by atoms with Gasteiger partial charge in [0.2, 0.25) is 23.6 Å². The molecule has 3 aromatic rings. The summed E-state index contributed by atoms with van der Waals surface area (Å²) in [6, 6.07) is 11.9. The number of nitrogens with one attached hydrogen (secondary N) is 4. The molecule has 0 saturated heterocycles. The average Bonchev–Trinajstić information content (AvgIpc) is 3.37. The molecule has 43 heavy (non-hydrogen) atoms. The number of primary amides is 1. The summed E-state index contributed by atoms with van der Waals surface area (Å²) >= 11 is 0. The van der Waals surface area contributed by atoms with Crippen LogP contribution in [-0.2, 0) is 36.8 Å². The Kier molecular flexibility index (Phi) is 11.8. The van der Waals surface area contributed by atoms with Crippen molar-refractivity contribution in [2.24, 2.45) is 17.4 Å². The largest absolute Gasteiger partial charge is 0.480 e. The Balaban J connectivity index is 1.79. The van der Waals surface area contributed by atoms with Gasteiger partial charge in [-0.15, -0.1) is 0 Å². The van der Waals surface area contributed by atoms with Crippen LogP contribution in [-0.4, -0.2) is 63.9 Å². The number of rotatable bonds is 16. The Hall–Kier alpha value is -4.71. The fourth-order valence-electron chi connectivity index (χ4n) is 4.73. The maximum atomic E-state index is 13.6. The molecular weight excluding hydrogens is 552 g/mol. The summed E-state index contributed by atoms with van der Waals surface area (Å²) < 4.78 is 0. The molecule has 0 aliphatic heterocycles. The minimum absolute atomic E-state index is 0.00754. The zero-order chi connectivity index (χ0) is 31.5. The number of carbonyl (C=O) groups excluding carboxylic acids is 4. The Morgan fingerprint density at radius 1 is 0.814 bits per heavy atom. The standard InChI is InChI=1S/C31H40N6O6/c1-18(2)14-24(35-28(39)22(32)12-13-27(33)38)29(40)36-25(15-19-8-4-3-5-9-19)30(41)37-26(31(42)43)16-20-17-34-23-11-7-6-10-21(20)23/h3-11,17-18,22,24-26,34H,12-16,32H2,1-2H3,(H2,33,38)(H,35,39)(H,36,40)(H,37,41)(H,42,43). The number of fused-ring (bicyclic) bond motifs is 1. The van der Waals surface area contributed by atoms with E-state index < -0.39 is 53.8 Å². The van der Waals surface area contributed by atoms with E-state index in [-0.39, 0.29) is 38.0 Å². The third-order valence-electron chi connectivity index (χ3n) is 7.01. The summed E-state index contributed by atoms with van der Waals surface area (Å²) in [5.74, 6) is -3.76. The van der Waals surface area contributed by atoms with E-state index in [0.29, 0.717) is 0 Å². The molecule has 12 nitrogen and oxygen atoms in total. The van der Waals surface area contributed by atoms with Gasteiger partial charge in [-0.25, -0.2) is 4.79 Å². The van der Waals surface area contributed by atoms with Crippen LogP contribution in [0.4, 0.5) is 0 Å². The van der Waals surface area contributed by atoms with Crippen LogP contribution in [0.1, 0.15) is 44.2 Å². The SMILES string of the molecule is CC(C)CC(NC(=O)C(N)CCC(N)=O)C(=O)NC(Cc1ccccc1)C(=O)NC(Cc1c[nH]c2ccccc12)C(=O)O. The van der Waals surface area contributed by atoms with E-state index in [9.17, 15) is 29.1 Å². The van der Waals surface area contributed by atoms with Gasteiger partial charge in [0.25, 0.3) is 0 Å². The average molecular weight is 593 g/mol. The van der Waals surface area contributed by atoms with E-state index in [1.807, 2.05) is 44.2 Å². The molecule has 4 atom stereocenters. The summed E-state index contributed by atoms with van der Waals surface area (Å²) in [7, 11) is 0. The number of carbonyl (C=O) groups is 5. The van der Waals surface area contributed by atoms with E-state index in [2.05, 4.69) is 20.9 Å². The molecule has 230 valence electrons. The highest BCUT2D eigenvalue weighted by atomic mass is 16.4. The molecule has 0 saturated carbocycles. The Bertz CT molecular complexity index is 1420. The number of aromatic amines is 1. The minimum Gasteiger partial charge on any atom is -0.480 e. The van der Waals surface area contributed by atoms with Gasteiger partial charge in [-0.05, 0) is 36.0 Å². The summed E-state index contributed by atoms with van der Waals surface area (Å²) in [5, 5.41) is 18.7. The second kappa shape index (κ2) is 15.5. The number of amides is 4. The first-order valence-corrected chi connectivity index (χ1v) is 14.2. The van der Waals surface area contributed by atoms with Gasteiger partial charge in [-0.2, -0.15) is 0 Å². The lowest BCUT2D eigenvalue weighted by molar-refractivity contribution is -0.142. The van der Waals surface area contributed by atoms with Crippen LogP contribution in [0.15, 0.2) is 60.8 Å². The number of carboxylic acid groups (broad SMARTS) is 1. The zero-order valence-electron chi connectivity index (χ0n) is 24.3. The monoisotopic (exact) mass is 592 g/mol. The minimum atomic E-state index is -1.27. The summed E-state index contributed by atoms with van der Waals surface area (Å²) in [6.07, 6.45) is 1.99. The molecule has 9 N–H and O–H groups in total. The molecule has 1 heterocycles. The first-order chi connectivity index (χ1) is 20.4. The van der Waals surface area contributed by atoms with E-state index in [1.165, 1.54) is 0 Å². The van der Waals surface area contributed by atoms with E-state index in [0.717, 1.165) is 22.0 Å². The van der Waals surface area contributed by atoms with Gasteiger partial charge >= 0.3 is 5.97 Å². The highest BCUT2D eigenvalue weighted by Crippen LogP contribution is 2.19. The molecule has 2 aromatic carbocycles. The molecule has 3 rings (SSSR count). The third kappa shape index (κ3) is 9.96. The van der Waals surface area contributed by atoms with Gasteiger partial charge in [0.15, 0.2) is 0 Å². The van der Waals surface area contributed by atoms with Crippen molar-refractivity contribution in [2.75, 3.05) is 0 Å². The number of hydrogen-bond donors (Lipinski definition) is 7. The predicted molar refractivity (Wildman–Crippen MR) is 161 cm³/mol. The van der Waals surface area contributed by atoms with Crippen LogP contribution in [0.2, 0.25) is 0 Å². The number of nitrogens with two attached hydrogens (primary N) is 2. The van der Waals surface area contributed by atoms with Crippen LogP contribution >= 0.6 is 0 Å². The molecule has 0 fully saturated rings. The van der Waals surface area contributed by atoms with Crippen molar-refractivity contribution in [3.8, 4) is 0 Å². The van der Waals surface area contributed by atoms with Gasteiger partial charge in [-0.1, -0.05) is 62.4 Å². The van der Waals surface area contributed by atoms with E-state index >= 15 is 0 Å². The number of para-hydroxylation sites is 1. The molecule has 0 spiro atoms. The summed E-state index contributed by atoms with van der Waals surface area (Å²) in [6.45, 7) is 3.74. The first-order valence-electron chi connectivity index (χ1n) is 14.2. The highest BCUT2D eigenvalue weighted by Gasteiger charge is 2.31. The second-order valence-electron chi connectivity index (χ2n) is 11.0.